The maximum absolute atomic E-state index is 12.4. The van der Waals surface area contributed by atoms with Crippen LogP contribution in [-0.2, 0) is 9.59 Å². The molecule has 1 amide bonds. The Morgan fingerprint density at radius 1 is 1.32 bits per heavy atom. The summed E-state index contributed by atoms with van der Waals surface area (Å²) in [5.74, 6) is -1.63. The summed E-state index contributed by atoms with van der Waals surface area (Å²) in [7, 11) is 0. The van der Waals surface area contributed by atoms with Crippen LogP contribution in [0.15, 0.2) is 28.7 Å². The van der Waals surface area contributed by atoms with Crippen LogP contribution in [0.4, 0.5) is 0 Å². The maximum Gasteiger partial charge on any atom is 0.326 e. The summed E-state index contributed by atoms with van der Waals surface area (Å²) in [5, 5.41) is 9.14. The van der Waals surface area contributed by atoms with E-state index in [4.69, 9.17) is 5.11 Å². The fraction of sp³-hybridized carbons (Fsp3) is 0.308. The molecule has 0 bridgehead atoms. The van der Waals surface area contributed by atoms with Crippen LogP contribution < -0.4 is 0 Å². The smallest absolute Gasteiger partial charge is 0.326 e. The fourth-order valence-electron chi connectivity index (χ4n) is 2.09. The zero-order valence-electron chi connectivity index (χ0n) is 10.0. The third-order valence-electron chi connectivity index (χ3n) is 3.07. The van der Waals surface area contributed by atoms with E-state index < -0.39 is 17.9 Å². The third kappa shape index (κ3) is 2.84. The predicted octanol–water partition coefficient (Wildman–Crippen LogP) is 1.71. The monoisotopic (exact) mass is 325 g/mol. The quantitative estimate of drug-likeness (QED) is 0.898. The number of aliphatic carboxylic acids is 1. The molecule has 1 aliphatic heterocycles. The van der Waals surface area contributed by atoms with Crippen molar-refractivity contribution in [2.24, 2.45) is 0 Å². The normalized spacial score (nSPS) is 19.3. The molecular weight excluding hydrogens is 314 g/mol. The first-order valence-electron chi connectivity index (χ1n) is 5.80. The molecular formula is C13H12BrNO4. The van der Waals surface area contributed by atoms with E-state index in [1.807, 2.05) is 0 Å². The Hall–Kier alpha value is -1.69. The van der Waals surface area contributed by atoms with Crippen molar-refractivity contribution in [1.29, 1.82) is 0 Å². The Morgan fingerprint density at radius 2 is 2.00 bits per heavy atom. The molecule has 5 nitrogen and oxygen atoms in total. The number of rotatable bonds is 2. The van der Waals surface area contributed by atoms with Gasteiger partial charge in [-0.05, 0) is 34.5 Å². The SMILES string of the molecule is O=C1CCC(C(=O)O)N(C(=O)c2ccccc2Br)C1. The minimum atomic E-state index is -1.08. The minimum absolute atomic E-state index is 0.113. The number of piperidine rings is 1. The van der Waals surface area contributed by atoms with Gasteiger partial charge in [-0.25, -0.2) is 4.79 Å². The molecule has 1 saturated heterocycles. The highest BCUT2D eigenvalue weighted by Gasteiger charge is 2.36. The second-order valence-corrected chi connectivity index (χ2v) is 5.20. The molecule has 1 unspecified atom stereocenters. The van der Waals surface area contributed by atoms with Crippen molar-refractivity contribution in [2.75, 3.05) is 6.54 Å². The predicted molar refractivity (Wildman–Crippen MR) is 70.8 cm³/mol. The number of nitrogens with zero attached hydrogens (tertiary/aromatic N) is 1. The Labute approximate surface area is 118 Å². The van der Waals surface area contributed by atoms with Gasteiger partial charge in [-0.3, -0.25) is 9.59 Å². The van der Waals surface area contributed by atoms with Gasteiger partial charge < -0.3 is 10.0 Å². The van der Waals surface area contributed by atoms with Crippen LogP contribution >= 0.6 is 15.9 Å². The van der Waals surface area contributed by atoms with Crippen LogP contribution in [0.3, 0.4) is 0 Å². The number of carbonyl (C=O) groups is 3. The van der Waals surface area contributed by atoms with E-state index in [9.17, 15) is 14.4 Å². The Bertz CT molecular complexity index is 543. The maximum atomic E-state index is 12.4. The van der Waals surface area contributed by atoms with E-state index >= 15 is 0 Å². The summed E-state index contributed by atoms with van der Waals surface area (Å²) in [4.78, 5) is 36.1. The average Bonchev–Trinajstić information content (AvgIpc) is 2.38. The number of carboxylic acids is 1. The second-order valence-electron chi connectivity index (χ2n) is 4.34. The summed E-state index contributed by atoms with van der Waals surface area (Å²) in [5.41, 5.74) is 0.364. The zero-order valence-corrected chi connectivity index (χ0v) is 11.6. The molecule has 1 fully saturated rings. The molecule has 1 heterocycles. The fourth-order valence-corrected chi connectivity index (χ4v) is 2.55. The topological polar surface area (TPSA) is 74.7 Å². The number of likely N-dealkylation sites (tertiary alicyclic amines) is 1. The lowest BCUT2D eigenvalue weighted by molar-refractivity contribution is -0.144. The summed E-state index contributed by atoms with van der Waals surface area (Å²) < 4.78 is 0.585. The average molecular weight is 326 g/mol. The van der Waals surface area contributed by atoms with Gasteiger partial charge in [-0.1, -0.05) is 12.1 Å². The van der Waals surface area contributed by atoms with Gasteiger partial charge in [-0.15, -0.1) is 0 Å². The highest BCUT2D eigenvalue weighted by molar-refractivity contribution is 9.10. The Balaban J connectivity index is 2.32. The standard InChI is InChI=1S/C13H12BrNO4/c14-10-4-2-1-3-9(10)12(17)15-7-8(16)5-6-11(15)13(18)19/h1-4,11H,5-7H2,(H,18,19). The van der Waals surface area contributed by atoms with Gasteiger partial charge in [0.2, 0.25) is 0 Å². The van der Waals surface area contributed by atoms with Crippen molar-refractivity contribution in [3.63, 3.8) is 0 Å². The molecule has 1 aromatic rings. The number of amides is 1. The van der Waals surface area contributed by atoms with E-state index in [1.165, 1.54) is 0 Å². The zero-order chi connectivity index (χ0) is 14.0. The van der Waals surface area contributed by atoms with Crippen molar-refractivity contribution in [3.8, 4) is 0 Å². The summed E-state index contributed by atoms with van der Waals surface area (Å²) in [6, 6.07) is 5.83. The van der Waals surface area contributed by atoms with Crippen molar-refractivity contribution >= 4 is 33.6 Å². The molecule has 6 heteroatoms. The number of hydrogen-bond acceptors (Lipinski definition) is 3. The largest absolute Gasteiger partial charge is 0.480 e. The summed E-state index contributed by atoms with van der Waals surface area (Å²) in [6.45, 7) is -0.142. The second kappa shape index (κ2) is 5.52. The van der Waals surface area contributed by atoms with Crippen LogP contribution in [0.5, 0.6) is 0 Å². The van der Waals surface area contributed by atoms with Crippen LogP contribution in [0.25, 0.3) is 0 Å². The van der Waals surface area contributed by atoms with Gasteiger partial charge in [0.1, 0.15) is 6.04 Å². The first-order valence-corrected chi connectivity index (χ1v) is 6.60. The first kappa shape index (κ1) is 13.7. The van der Waals surface area contributed by atoms with Gasteiger partial charge in [0.25, 0.3) is 5.91 Å². The number of ketones is 1. The molecule has 0 aliphatic carbocycles. The van der Waals surface area contributed by atoms with Crippen LogP contribution in [-0.4, -0.2) is 40.3 Å². The molecule has 0 aromatic heterocycles. The Morgan fingerprint density at radius 3 is 2.63 bits per heavy atom. The number of halogens is 1. The third-order valence-corrected chi connectivity index (χ3v) is 3.76. The number of carbonyl (C=O) groups excluding carboxylic acids is 2. The molecule has 0 saturated carbocycles. The molecule has 19 heavy (non-hydrogen) atoms. The molecule has 1 atom stereocenters. The van der Waals surface area contributed by atoms with E-state index in [-0.39, 0.29) is 25.2 Å². The van der Waals surface area contributed by atoms with Crippen molar-refractivity contribution in [1.82, 2.24) is 4.90 Å². The van der Waals surface area contributed by atoms with E-state index in [2.05, 4.69) is 15.9 Å². The van der Waals surface area contributed by atoms with Gasteiger partial charge >= 0.3 is 5.97 Å². The molecule has 100 valence electrons. The number of benzene rings is 1. The summed E-state index contributed by atoms with van der Waals surface area (Å²) >= 11 is 3.26. The highest BCUT2D eigenvalue weighted by Crippen LogP contribution is 2.22. The van der Waals surface area contributed by atoms with Crippen molar-refractivity contribution < 1.29 is 19.5 Å². The Kier molecular flexibility index (Phi) is 3.99. The lowest BCUT2D eigenvalue weighted by atomic mass is 10.00. The molecule has 1 aromatic carbocycles. The van der Waals surface area contributed by atoms with Gasteiger partial charge in [0, 0.05) is 10.9 Å². The first-order chi connectivity index (χ1) is 9.00. The molecule has 1 N–H and O–H groups in total. The van der Waals surface area contributed by atoms with E-state index in [0.717, 1.165) is 4.90 Å². The van der Waals surface area contributed by atoms with Gasteiger partial charge in [-0.2, -0.15) is 0 Å². The number of Topliss-reactive ketones (excluding diaryl/α,β-unsaturated/α-hetero) is 1. The van der Waals surface area contributed by atoms with Crippen LogP contribution in [0.1, 0.15) is 23.2 Å². The number of hydrogen-bond donors (Lipinski definition) is 1. The van der Waals surface area contributed by atoms with Gasteiger partial charge in [0.05, 0.1) is 12.1 Å². The van der Waals surface area contributed by atoms with Crippen LogP contribution in [0, 0.1) is 0 Å². The lowest BCUT2D eigenvalue weighted by Crippen LogP contribution is -2.51. The summed E-state index contributed by atoms with van der Waals surface area (Å²) in [6.07, 6.45) is 0.376. The highest BCUT2D eigenvalue weighted by atomic mass is 79.9. The van der Waals surface area contributed by atoms with Crippen molar-refractivity contribution in [2.45, 2.75) is 18.9 Å². The lowest BCUT2D eigenvalue weighted by Gasteiger charge is -2.32. The van der Waals surface area contributed by atoms with E-state index in [0.29, 0.717) is 10.0 Å². The van der Waals surface area contributed by atoms with Crippen LogP contribution in [0.2, 0.25) is 0 Å². The molecule has 2 rings (SSSR count). The molecule has 0 spiro atoms. The van der Waals surface area contributed by atoms with Gasteiger partial charge in [0.15, 0.2) is 5.78 Å². The molecule has 1 aliphatic rings. The van der Waals surface area contributed by atoms with E-state index in [1.54, 1.807) is 24.3 Å². The minimum Gasteiger partial charge on any atom is -0.480 e. The van der Waals surface area contributed by atoms with Crippen molar-refractivity contribution in [3.05, 3.63) is 34.3 Å². The number of carboxylic acid groups (broad SMARTS) is 1. The molecule has 0 radical (unpaired) electrons.